The third-order valence-electron chi connectivity index (χ3n) is 4.07. The van der Waals surface area contributed by atoms with Crippen molar-refractivity contribution in [1.29, 1.82) is 0 Å². The molecule has 3 rings (SSSR count). The average molecular weight is 366 g/mol. The number of hydrogen-bond donors (Lipinski definition) is 1. The molecule has 3 aromatic rings. The Hall–Kier alpha value is -2.66. The molecular weight excluding hydrogens is 344 g/mol. The van der Waals surface area contributed by atoms with Crippen molar-refractivity contribution >= 4 is 17.2 Å². The van der Waals surface area contributed by atoms with Crippen LogP contribution in [0.15, 0.2) is 53.9 Å². The van der Waals surface area contributed by atoms with Gasteiger partial charge in [0.25, 0.3) is 0 Å². The Morgan fingerprint density at radius 2 is 2.00 bits per heavy atom. The highest BCUT2D eigenvalue weighted by atomic mass is 32.1. The van der Waals surface area contributed by atoms with E-state index in [0.29, 0.717) is 19.4 Å². The summed E-state index contributed by atoms with van der Waals surface area (Å²) in [5, 5.41) is 5.99. The molecular formula is C21H22N2O2S. The molecule has 0 spiro atoms. The molecule has 0 saturated carbocycles. The van der Waals surface area contributed by atoms with Crippen LogP contribution in [0.1, 0.15) is 23.2 Å². The third kappa shape index (κ3) is 4.92. The predicted octanol–water partition coefficient (Wildman–Crippen LogP) is 4.38. The maximum Gasteiger partial charge on any atom is 0.220 e. The second-order valence-electron chi connectivity index (χ2n) is 6.14. The Balaban J connectivity index is 1.48. The van der Waals surface area contributed by atoms with Crippen molar-refractivity contribution < 1.29 is 9.53 Å². The van der Waals surface area contributed by atoms with Crippen molar-refractivity contribution in [3.63, 3.8) is 0 Å². The lowest BCUT2D eigenvalue weighted by atomic mass is 10.1. The molecule has 0 aliphatic rings. The van der Waals surface area contributed by atoms with E-state index in [1.165, 1.54) is 5.56 Å². The van der Waals surface area contributed by atoms with Gasteiger partial charge in [-0.1, -0.05) is 35.9 Å². The number of benzene rings is 2. The number of ether oxygens (including phenoxy) is 1. The summed E-state index contributed by atoms with van der Waals surface area (Å²) in [5.74, 6) is 0.846. The van der Waals surface area contributed by atoms with Crippen LogP contribution in [-0.4, -0.2) is 18.0 Å². The fraction of sp³-hybridized carbons (Fsp3) is 0.238. The molecule has 5 heteroatoms. The Labute approximate surface area is 157 Å². The lowest BCUT2D eigenvalue weighted by molar-refractivity contribution is -0.121. The van der Waals surface area contributed by atoms with Gasteiger partial charge < -0.3 is 10.1 Å². The van der Waals surface area contributed by atoms with Crippen molar-refractivity contribution in [3.05, 3.63) is 70.7 Å². The highest BCUT2D eigenvalue weighted by molar-refractivity contribution is 7.13. The maximum atomic E-state index is 12.1. The monoisotopic (exact) mass is 366 g/mol. The molecule has 1 N–H and O–H groups in total. The second kappa shape index (κ2) is 8.63. The summed E-state index contributed by atoms with van der Waals surface area (Å²) in [5.41, 5.74) is 4.36. The normalized spacial score (nSPS) is 10.5. The van der Waals surface area contributed by atoms with E-state index in [1.807, 2.05) is 35.7 Å². The van der Waals surface area contributed by atoms with E-state index < -0.39 is 0 Å². The summed E-state index contributed by atoms with van der Waals surface area (Å²) < 4.78 is 5.13. The van der Waals surface area contributed by atoms with Gasteiger partial charge in [-0.05, 0) is 37.1 Å². The Kier molecular flexibility index (Phi) is 6.02. The summed E-state index contributed by atoms with van der Waals surface area (Å²) >= 11 is 1.62. The molecule has 0 fully saturated rings. The van der Waals surface area contributed by atoms with E-state index in [-0.39, 0.29) is 5.91 Å². The van der Waals surface area contributed by atoms with Gasteiger partial charge in [-0.15, -0.1) is 11.3 Å². The summed E-state index contributed by atoms with van der Waals surface area (Å²) in [6, 6.07) is 16.0. The molecule has 26 heavy (non-hydrogen) atoms. The standard InChI is InChI=1S/C21H22N2O2S/c1-15-4-3-5-17(12-15)21-23-18(14-26-21)8-11-20(24)22-13-16-6-9-19(25-2)10-7-16/h3-7,9-10,12,14H,8,11,13H2,1-2H3,(H,22,24). The number of thiazole rings is 1. The molecule has 4 nitrogen and oxygen atoms in total. The van der Waals surface area contributed by atoms with Crippen LogP contribution in [0.25, 0.3) is 10.6 Å². The fourth-order valence-corrected chi connectivity index (χ4v) is 3.46. The van der Waals surface area contributed by atoms with Gasteiger partial charge in [0, 0.05) is 23.9 Å². The fourth-order valence-electron chi connectivity index (χ4n) is 2.61. The summed E-state index contributed by atoms with van der Waals surface area (Å²) in [6.45, 7) is 2.60. The van der Waals surface area contributed by atoms with Crippen molar-refractivity contribution in [1.82, 2.24) is 10.3 Å². The zero-order chi connectivity index (χ0) is 18.4. The number of methoxy groups -OCH3 is 1. The van der Waals surface area contributed by atoms with Crippen LogP contribution in [0, 0.1) is 6.92 Å². The maximum absolute atomic E-state index is 12.1. The summed E-state index contributed by atoms with van der Waals surface area (Å²) in [7, 11) is 1.64. The highest BCUT2D eigenvalue weighted by Crippen LogP contribution is 2.24. The number of carbonyl (C=O) groups excluding carboxylic acids is 1. The van der Waals surface area contributed by atoms with Crippen molar-refractivity contribution in [2.75, 3.05) is 7.11 Å². The number of amides is 1. The highest BCUT2D eigenvalue weighted by Gasteiger charge is 2.08. The third-order valence-corrected chi connectivity index (χ3v) is 5.01. The number of aryl methyl sites for hydroxylation is 2. The van der Waals surface area contributed by atoms with Gasteiger partial charge in [0.05, 0.1) is 12.8 Å². The first-order chi connectivity index (χ1) is 12.6. The Morgan fingerprint density at radius 3 is 2.73 bits per heavy atom. The molecule has 1 amide bonds. The molecule has 0 saturated heterocycles. The van der Waals surface area contributed by atoms with E-state index in [0.717, 1.165) is 27.6 Å². The molecule has 0 bridgehead atoms. The minimum absolute atomic E-state index is 0.0333. The van der Waals surface area contributed by atoms with Crippen LogP contribution in [0.2, 0.25) is 0 Å². The van der Waals surface area contributed by atoms with Crippen LogP contribution >= 0.6 is 11.3 Å². The quantitative estimate of drug-likeness (QED) is 0.675. The first-order valence-corrected chi connectivity index (χ1v) is 9.43. The van der Waals surface area contributed by atoms with Crippen molar-refractivity contribution in [3.8, 4) is 16.3 Å². The molecule has 0 radical (unpaired) electrons. The number of hydrogen-bond acceptors (Lipinski definition) is 4. The van der Waals surface area contributed by atoms with E-state index >= 15 is 0 Å². The predicted molar refractivity (Wildman–Crippen MR) is 105 cm³/mol. The molecule has 0 unspecified atom stereocenters. The number of nitrogens with one attached hydrogen (secondary N) is 1. The van der Waals surface area contributed by atoms with E-state index in [4.69, 9.17) is 4.74 Å². The van der Waals surface area contributed by atoms with E-state index in [9.17, 15) is 4.79 Å². The molecule has 2 aromatic carbocycles. The Morgan fingerprint density at radius 1 is 1.19 bits per heavy atom. The SMILES string of the molecule is COc1ccc(CNC(=O)CCc2csc(-c3cccc(C)c3)n2)cc1. The molecule has 0 aliphatic carbocycles. The van der Waals surface area contributed by atoms with Crippen LogP contribution in [0.3, 0.4) is 0 Å². The van der Waals surface area contributed by atoms with Crippen LogP contribution in [0.5, 0.6) is 5.75 Å². The number of carbonyl (C=O) groups is 1. The smallest absolute Gasteiger partial charge is 0.220 e. The van der Waals surface area contributed by atoms with Gasteiger partial charge >= 0.3 is 0 Å². The van der Waals surface area contributed by atoms with Crippen molar-refractivity contribution in [2.45, 2.75) is 26.3 Å². The van der Waals surface area contributed by atoms with Gasteiger partial charge in [-0.2, -0.15) is 0 Å². The van der Waals surface area contributed by atoms with Gasteiger partial charge in [0.15, 0.2) is 0 Å². The number of nitrogens with zero attached hydrogens (tertiary/aromatic N) is 1. The first kappa shape index (κ1) is 18.1. The number of aromatic nitrogens is 1. The lowest BCUT2D eigenvalue weighted by Crippen LogP contribution is -2.23. The average Bonchev–Trinajstić information content (AvgIpc) is 3.14. The van der Waals surface area contributed by atoms with Gasteiger partial charge in [-0.25, -0.2) is 4.98 Å². The van der Waals surface area contributed by atoms with Gasteiger partial charge in [-0.3, -0.25) is 4.79 Å². The minimum atomic E-state index is 0.0333. The minimum Gasteiger partial charge on any atom is -0.497 e. The second-order valence-corrected chi connectivity index (χ2v) is 7.00. The molecule has 134 valence electrons. The molecule has 1 heterocycles. The van der Waals surface area contributed by atoms with E-state index in [1.54, 1.807) is 18.4 Å². The first-order valence-electron chi connectivity index (χ1n) is 8.55. The summed E-state index contributed by atoms with van der Waals surface area (Å²) in [6.07, 6.45) is 1.09. The van der Waals surface area contributed by atoms with Crippen LogP contribution in [-0.2, 0) is 17.8 Å². The molecule has 0 atom stereocenters. The molecule has 0 aliphatic heterocycles. The van der Waals surface area contributed by atoms with Crippen LogP contribution in [0.4, 0.5) is 0 Å². The topological polar surface area (TPSA) is 51.2 Å². The van der Waals surface area contributed by atoms with Crippen LogP contribution < -0.4 is 10.1 Å². The van der Waals surface area contributed by atoms with Crippen molar-refractivity contribution in [2.24, 2.45) is 0 Å². The number of rotatable bonds is 7. The van der Waals surface area contributed by atoms with Gasteiger partial charge in [0.1, 0.15) is 10.8 Å². The molecule has 1 aromatic heterocycles. The zero-order valence-corrected chi connectivity index (χ0v) is 15.8. The van der Waals surface area contributed by atoms with E-state index in [2.05, 4.69) is 35.4 Å². The largest absolute Gasteiger partial charge is 0.497 e. The summed E-state index contributed by atoms with van der Waals surface area (Å²) in [4.78, 5) is 16.7. The Bertz CT molecular complexity index is 872. The lowest BCUT2D eigenvalue weighted by Gasteiger charge is -2.06. The van der Waals surface area contributed by atoms with Gasteiger partial charge in [0.2, 0.25) is 5.91 Å². The zero-order valence-electron chi connectivity index (χ0n) is 15.0.